The number of hydrogen-bond acceptors (Lipinski definition) is 2. The summed E-state index contributed by atoms with van der Waals surface area (Å²) in [6.45, 7) is 1.91. The molecule has 0 aliphatic carbocycles. The van der Waals surface area contributed by atoms with E-state index in [2.05, 4.69) is 4.98 Å². The van der Waals surface area contributed by atoms with E-state index in [9.17, 15) is 13.6 Å². The Morgan fingerprint density at radius 2 is 2.00 bits per heavy atom. The Morgan fingerprint density at radius 3 is 2.74 bits per heavy atom. The number of rotatable bonds is 4. The van der Waals surface area contributed by atoms with Crippen molar-refractivity contribution in [3.05, 3.63) is 65.0 Å². The molecular weight excluding hydrogens is 248 g/mol. The van der Waals surface area contributed by atoms with Crippen molar-refractivity contribution in [1.82, 2.24) is 4.98 Å². The molecule has 0 fully saturated rings. The van der Waals surface area contributed by atoms with Crippen molar-refractivity contribution in [1.29, 1.82) is 0 Å². The number of nitrogens with zero attached hydrogens (tertiary/aromatic N) is 1. The van der Waals surface area contributed by atoms with Crippen LogP contribution in [0.1, 0.15) is 28.4 Å². The van der Waals surface area contributed by atoms with E-state index in [4.69, 9.17) is 0 Å². The summed E-state index contributed by atoms with van der Waals surface area (Å²) in [4.78, 5) is 16.1. The number of carbonyl (C=O) groups excluding carboxylic acids is 1. The van der Waals surface area contributed by atoms with Crippen LogP contribution in [0.3, 0.4) is 0 Å². The quantitative estimate of drug-likeness (QED) is 0.790. The van der Waals surface area contributed by atoms with Gasteiger partial charge in [0.05, 0.1) is 0 Å². The van der Waals surface area contributed by atoms with E-state index in [-0.39, 0.29) is 17.8 Å². The molecule has 0 bridgehead atoms. The fourth-order valence-electron chi connectivity index (χ4n) is 1.93. The van der Waals surface area contributed by atoms with E-state index in [1.807, 2.05) is 6.92 Å². The number of Topliss-reactive ketones (excluding diaryl/α,β-unsaturated/α-hetero) is 1. The van der Waals surface area contributed by atoms with Gasteiger partial charge in [-0.1, -0.05) is 19.1 Å². The molecule has 0 unspecified atom stereocenters. The van der Waals surface area contributed by atoms with Crippen molar-refractivity contribution < 1.29 is 13.6 Å². The molecule has 0 aliphatic heterocycles. The van der Waals surface area contributed by atoms with Crippen LogP contribution in [0.5, 0.6) is 0 Å². The molecule has 0 radical (unpaired) electrons. The van der Waals surface area contributed by atoms with Gasteiger partial charge >= 0.3 is 0 Å². The van der Waals surface area contributed by atoms with Crippen molar-refractivity contribution in [2.24, 2.45) is 0 Å². The first kappa shape index (κ1) is 13.3. The van der Waals surface area contributed by atoms with E-state index >= 15 is 0 Å². The lowest BCUT2D eigenvalue weighted by molar-refractivity contribution is 0.0990. The minimum atomic E-state index is -0.956. The van der Waals surface area contributed by atoms with Gasteiger partial charge in [0.25, 0.3) is 0 Å². The van der Waals surface area contributed by atoms with Crippen molar-refractivity contribution in [3.8, 4) is 0 Å². The van der Waals surface area contributed by atoms with Gasteiger partial charge in [-0.25, -0.2) is 8.78 Å². The van der Waals surface area contributed by atoms with Gasteiger partial charge in [0.15, 0.2) is 17.4 Å². The topological polar surface area (TPSA) is 30.0 Å². The third kappa shape index (κ3) is 2.84. The first-order valence-electron chi connectivity index (χ1n) is 6.02. The predicted molar refractivity (Wildman–Crippen MR) is 68.0 cm³/mol. The summed E-state index contributed by atoms with van der Waals surface area (Å²) in [5.41, 5.74) is 1.40. The zero-order valence-electron chi connectivity index (χ0n) is 10.5. The standard InChI is InChI=1S/C15H13F2NO/c1-2-10-9-18-7-6-12(10)14(19)8-11-4-3-5-13(16)15(11)17/h3-7,9H,2,8H2,1H3. The van der Waals surface area contributed by atoms with Crippen LogP contribution >= 0.6 is 0 Å². The highest BCUT2D eigenvalue weighted by molar-refractivity contribution is 5.98. The molecule has 2 nitrogen and oxygen atoms in total. The van der Waals surface area contributed by atoms with Gasteiger partial charge in [0, 0.05) is 24.4 Å². The zero-order chi connectivity index (χ0) is 13.8. The number of halogens is 2. The molecule has 4 heteroatoms. The van der Waals surface area contributed by atoms with Crippen molar-refractivity contribution >= 4 is 5.78 Å². The number of ketones is 1. The highest BCUT2D eigenvalue weighted by Crippen LogP contribution is 2.16. The summed E-state index contributed by atoms with van der Waals surface area (Å²) in [6, 6.07) is 5.46. The lowest BCUT2D eigenvalue weighted by atomic mass is 9.98. The molecule has 0 amide bonds. The molecule has 0 N–H and O–H groups in total. The van der Waals surface area contributed by atoms with Gasteiger partial charge in [-0.05, 0) is 29.7 Å². The molecule has 0 saturated carbocycles. The molecule has 1 heterocycles. The predicted octanol–water partition coefficient (Wildman–Crippen LogP) is 3.35. The molecule has 0 spiro atoms. The van der Waals surface area contributed by atoms with Crippen LogP contribution in [0.15, 0.2) is 36.7 Å². The van der Waals surface area contributed by atoms with Gasteiger partial charge in [0.2, 0.25) is 0 Å². The molecule has 2 aromatic rings. The first-order valence-corrected chi connectivity index (χ1v) is 6.02. The van der Waals surface area contributed by atoms with E-state index in [0.29, 0.717) is 12.0 Å². The largest absolute Gasteiger partial charge is 0.294 e. The van der Waals surface area contributed by atoms with Crippen LogP contribution in [0.2, 0.25) is 0 Å². The molecule has 98 valence electrons. The minimum absolute atomic E-state index is 0.0730. The average molecular weight is 261 g/mol. The van der Waals surface area contributed by atoms with Crippen LogP contribution in [-0.4, -0.2) is 10.8 Å². The highest BCUT2D eigenvalue weighted by Gasteiger charge is 2.15. The number of pyridine rings is 1. The highest BCUT2D eigenvalue weighted by atomic mass is 19.2. The lowest BCUT2D eigenvalue weighted by Crippen LogP contribution is -2.09. The summed E-state index contributed by atoms with van der Waals surface area (Å²) in [7, 11) is 0. The van der Waals surface area contributed by atoms with E-state index in [1.165, 1.54) is 18.3 Å². The van der Waals surface area contributed by atoms with E-state index in [1.54, 1.807) is 12.3 Å². The third-order valence-electron chi connectivity index (χ3n) is 2.97. The normalized spacial score (nSPS) is 10.5. The zero-order valence-corrected chi connectivity index (χ0v) is 10.5. The van der Waals surface area contributed by atoms with Crippen LogP contribution in [0.25, 0.3) is 0 Å². The minimum Gasteiger partial charge on any atom is -0.294 e. The summed E-state index contributed by atoms with van der Waals surface area (Å²) < 4.78 is 26.6. The molecule has 1 aromatic heterocycles. The van der Waals surface area contributed by atoms with Crippen LogP contribution in [0.4, 0.5) is 8.78 Å². The maximum absolute atomic E-state index is 13.5. The molecule has 1 aromatic carbocycles. The maximum atomic E-state index is 13.5. The van der Waals surface area contributed by atoms with Gasteiger partial charge < -0.3 is 0 Å². The molecule has 2 rings (SSSR count). The number of aromatic nitrogens is 1. The van der Waals surface area contributed by atoms with Crippen LogP contribution < -0.4 is 0 Å². The number of carbonyl (C=O) groups is 1. The smallest absolute Gasteiger partial charge is 0.167 e. The summed E-state index contributed by atoms with van der Waals surface area (Å²) in [5.74, 6) is -2.12. The van der Waals surface area contributed by atoms with E-state index in [0.717, 1.165) is 11.6 Å². The lowest BCUT2D eigenvalue weighted by Gasteiger charge is -2.07. The van der Waals surface area contributed by atoms with Crippen molar-refractivity contribution in [2.75, 3.05) is 0 Å². The van der Waals surface area contributed by atoms with Crippen molar-refractivity contribution in [2.45, 2.75) is 19.8 Å². The maximum Gasteiger partial charge on any atom is 0.167 e. The van der Waals surface area contributed by atoms with Crippen molar-refractivity contribution in [3.63, 3.8) is 0 Å². The van der Waals surface area contributed by atoms with Crippen LogP contribution in [0, 0.1) is 11.6 Å². The molecular formula is C15H13F2NO. The van der Waals surface area contributed by atoms with Gasteiger partial charge in [0.1, 0.15) is 0 Å². The second-order valence-electron chi connectivity index (χ2n) is 4.20. The van der Waals surface area contributed by atoms with E-state index < -0.39 is 11.6 Å². The van der Waals surface area contributed by atoms with Gasteiger partial charge in [-0.15, -0.1) is 0 Å². The second-order valence-corrected chi connectivity index (χ2v) is 4.20. The Hall–Kier alpha value is -2.10. The molecule has 0 aliphatic rings. The third-order valence-corrected chi connectivity index (χ3v) is 2.97. The second kappa shape index (κ2) is 5.69. The SMILES string of the molecule is CCc1cnccc1C(=O)Cc1cccc(F)c1F. The summed E-state index contributed by atoms with van der Waals surface area (Å²) >= 11 is 0. The average Bonchev–Trinajstić information content (AvgIpc) is 2.43. The number of aryl methyl sites for hydroxylation is 1. The Morgan fingerprint density at radius 1 is 1.21 bits per heavy atom. The molecule has 0 saturated heterocycles. The fourth-order valence-corrected chi connectivity index (χ4v) is 1.93. The Bertz CT molecular complexity index is 611. The monoisotopic (exact) mass is 261 g/mol. The van der Waals surface area contributed by atoms with Crippen LogP contribution in [-0.2, 0) is 12.8 Å². The summed E-state index contributed by atoms with van der Waals surface area (Å²) in [5, 5.41) is 0. The number of benzene rings is 1. The summed E-state index contributed by atoms with van der Waals surface area (Å²) in [6.07, 6.45) is 3.66. The Kier molecular flexibility index (Phi) is 4.00. The Balaban J connectivity index is 2.28. The Labute approximate surface area is 110 Å². The molecule has 0 atom stereocenters. The fraction of sp³-hybridized carbons (Fsp3) is 0.200. The van der Waals surface area contributed by atoms with Gasteiger partial charge in [-0.3, -0.25) is 9.78 Å². The number of hydrogen-bond donors (Lipinski definition) is 0. The van der Waals surface area contributed by atoms with Gasteiger partial charge in [-0.2, -0.15) is 0 Å². The first-order chi connectivity index (χ1) is 9.13. The molecule has 19 heavy (non-hydrogen) atoms.